The van der Waals surface area contributed by atoms with Gasteiger partial charge in [-0.05, 0) is 38.5 Å². The zero-order chi connectivity index (χ0) is 15.2. The second-order valence-electron chi connectivity index (χ2n) is 5.88. The highest BCUT2D eigenvalue weighted by molar-refractivity contribution is 5.84. The van der Waals surface area contributed by atoms with E-state index in [4.69, 9.17) is 5.11 Å². The molecular weight excluding hydrogens is 272 g/mol. The van der Waals surface area contributed by atoms with Crippen LogP contribution in [0.4, 0.5) is 0 Å². The number of likely N-dealkylation sites (tertiary alicyclic amines) is 2. The Morgan fingerprint density at radius 2 is 1.52 bits per heavy atom. The second-order valence-corrected chi connectivity index (χ2v) is 5.88. The summed E-state index contributed by atoms with van der Waals surface area (Å²) in [6.07, 6.45) is 5.69. The van der Waals surface area contributed by atoms with Gasteiger partial charge in [0, 0.05) is 32.5 Å². The fourth-order valence-electron chi connectivity index (χ4n) is 3.14. The lowest BCUT2D eigenvalue weighted by atomic mass is 10.1. The van der Waals surface area contributed by atoms with Crippen LogP contribution in [0.1, 0.15) is 51.4 Å². The quantitative estimate of drug-likeness (QED) is 0.748. The highest BCUT2D eigenvalue weighted by Gasteiger charge is 2.33. The largest absolute Gasteiger partial charge is 0.480 e. The Morgan fingerprint density at radius 3 is 2.14 bits per heavy atom. The molecule has 0 spiro atoms. The van der Waals surface area contributed by atoms with Crippen molar-refractivity contribution in [3.63, 3.8) is 0 Å². The molecular formula is C15H24N2O4. The third-order valence-electron chi connectivity index (χ3n) is 4.35. The van der Waals surface area contributed by atoms with Gasteiger partial charge in [-0.15, -0.1) is 0 Å². The Balaban J connectivity index is 1.65. The minimum atomic E-state index is -0.912. The smallest absolute Gasteiger partial charge is 0.326 e. The monoisotopic (exact) mass is 296 g/mol. The Bertz CT molecular complexity index is 404. The third-order valence-corrected chi connectivity index (χ3v) is 4.35. The minimum Gasteiger partial charge on any atom is -0.480 e. The molecule has 0 aliphatic carbocycles. The lowest BCUT2D eigenvalue weighted by Crippen LogP contribution is -2.40. The summed E-state index contributed by atoms with van der Waals surface area (Å²) in [5.41, 5.74) is 0. The van der Waals surface area contributed by atoms with Gasteiger partial charge in [-0.2, -0.15) is 0 Å². The average Bonchev–Trinajstić information content (AvgIpc) is 3.12. The molecule has 0 unspecified atom stereocenters. The number of rotatable bonds is 6. The first-order chi connectivity index (χ1) is 10.1. The summed E-state index contributed by atoms with van der Waals surface area (Å²) in [4.78, 5) is 38.3. The van der Waals surface area contributed by atoms with E-state index in [1.807, 2.05) is 4.90 Å². The van der Waals surface area contributed by atoms with Crippen LogP contribution in [0.25, 0.3) is 0 Å². The number of carbonyl (C=O) groups excluding carboxylic acids is 2. The van der Waals surface area contributed by atoms with E-state index in [9.17, 15) is 14.4 Å². The van der Waals surface area contributed by atoms with Crippen LogP contribution < -0.4 is 0 Å². The van der Waals surface area contributed by atoms with E-state index in [-0.39, 0.29) is 11.8 Å². The number of carbonyl (C=O) groups is 3. The van der Waals surface area contributed by atoms with Crippen molar-refractivity contribution in [3.05, 3.63) is 0 Å². The van der Waals surface area contributed by atoms with E-state index in [0.29, 0.717) is 38.6 Å². The Morgan fingerprint density at radius 1 is 0.905 bits per heavy atom. The van der Waals surface area contributed by atoms with Gasteiger partial charge < -0.3 is 14.9 Å². The summed E-state index contributed by atoms with van der Waals surface area (Å²) in [5.74, 6) is -0.817. The summed E-state index contributed by atoms with van der Waals surface area (Å²) in [5, 5.41) is 9.05. The molecule has 0 aromatic rings. The molecule has 0 saturated carbocycles. The standard InChI is InChI=1S/C15H24N2O4/c18-13(16-9-3-4-10-16)7-1-2-8-14(19)17-11-5-6-12(17)15(20)21/h12H,1-11H2,(H,20,21)/t12-/m1/s1. The maximum Gasteiger partial charge on any atom is 0.326 e. The molecule has 2 saturated heterocycles. The van der Waals surface area contributed by atoms with Crippen LogP contribution in [-0.4, -0.2) is 58.4 Å². The maximum absolute atomic E-state index is 12.0. The molecule has 21 heavy (non-hydrogen) atoms. The number of nitrogens with zero attached hydrogens (tertiary/aromatic N) is 2. The molecule has 2 aliphatic rings. The molecule has 2 aliphatic heterocycles. The minimum absolute atomic E-state index is 0.0893. The predicted octanol–water partition coefficient (Wildman–Crippen LogP) is 1.24. The summed E-state index contributed by atoms with van der Waals surface area (Å²) in [6, 6.07) is -0.649. The van der Waals surface area contributed by atoms with Gasteiger partial charge in [-0.1, -0.05) is 0 Å². The molecule has 0 aromatic heterocycles. The number of hydrogen-bond acceptors (Lipinski definition) is 3. The van der Waals surface area contributed by atoms with Gasteiger partial charge in [0.2, 0.25) is 11.8 Å². The molecule has 2 rings (SSSR count). The number of aliphatic carboxylic acids is 1. The molecule has 2 amide bonds. The summed E-state index contributed by atoms with van der Waals surface area (Å²) in [6.45, 7) is 2.28. The molecule has 2 heterocycles. The summed E-state index contributed by atoms with van der Waals surface area (Å²) >= 11 is 0. The lowest BCUT2D eigenvalue weighted by Gasteiger charge is -2.21. The van der Waals surface area contributed by atoms with Crippen molar-refractivity contribution in [1.82, 2.24) is 9.80 Å². The van der Waals surface area contributed by atoms with E-state index >= 15 is 0 Å². The van der Waals surface area contributed by atoms with Crippen LogP contribution in [0.3, 0.4) is 0 Å². The van der Waals surface area contributed by atoms with Crippen LogP contribution in [0.2, 0.25) is 0 Å². The Hall–Kier alpha value is -1.59. The zero-order valence-corrected chi connectivity index (χ0v) is 12.4. The normalized spacial score (nSPS) is 21.8. The van der Waals surface area contributed by atoms with Crippen LogP contribution in [-0.2, 0) is 14.4 Å². The molecule has 0 bridgehead atoms. The first-order valence-electron chi connectivity index (χ1n) is 7.89. The first kappa shape index (κ1) is 15.8. The first-order valence-corrected chi connectivity index (χ1v) is 7.89. The van der Waals surface area contributed by atoms with Gasteiger partial charge in [0.05, 0.1) is 0 Å². The lowest BCUT2D eigenvalue weighted by molar-refractivity contribution is -0.148. The van der Waals surface area contributed by atoms with Crippen LogP contribution in [0, 0.1) is 0 Å². The topological polar surface area (TPSA) is 77.9 Å². The van der Waals surface area contributed by atoms with E-state index in [2.05, 4.69) is 0 Å². The van der Waals surface area contributed by atoms with Gasteiger partial charge in [-0.3, -0.25) is 9.59 Å². The van der Waals surface area contributed by atoms with Gasteiger partial charge in [0.25, 0.3) is 0 Å². The third kappa shape index (κ3) is 4.19. The molecule has 0 aromatic carbocycles. The average molecular weight is 296 g/mol. The van der Waals surface area contributed by atoms with Crippen LogP contribution >= 0.6 is 0 Å². The molecule has 0 radical (unpaired) electrons. The van der Waals surface area contributed by atoms with Gasteiger partial charge in [-0.25, -0.2) is 4.79 Å². The van der Waals surface area contributed by atoms with Crippen molar-refractivity contribution in [1.29, 1.82) is 0 Å². The van der Waals surface area contributed by atoms with E-state index in [1.165, 1.54) is 4.90 Å². The number of carboxylic acids is 1. The van der Waals surface area contributed by atoms with Crippen molar-refractivity contribution in [3.8, 4) is 0 Å². The number of carboxylic acid groups (broad SMARTS) is 1. The van der Waals surface area contributed by atoms with Gasteiger partial charge in [0.15, 0.2) is 0 Å². The highest BCUT2D eigenvalue weighted by Crippen LogP contribution is 2.19. The van der Waals surface area contributed by atoms with Gasteiger partial charge in [0.1, 0.15) is 6.04 Å². The Labute approximate surface area is 125 Å². The second kappa shape index (κ2) is 7.43. The van der Waals surface area contributed by atoms with E-state index in [0.717, 1.165) is 32.4 Å². The number of hydrogen-bond donors (Lipinski definition) is 1. The SMILES string of the molecule is O=C(O)[C@H]1CCCN1C(=O)CCCCC(=O)N1CCCC1. The molecule has 6 nitrogen and oxygen atoms in total. The fourth-order valence-corrected chi connectivity index (χ4v) is 3.14. The number of amides is 2. The van der Waals surface area contributed by atoms with Crippen molar-refractivity contribution < 1.29 is 19.5 Å². The summed E-state index contributed by atoms with van der Waals surface area (Å²) in [7, 11) is 0. The highest BCUT2D eigenvalue weighted by atomic mass is 16.4. The zero-order valence-electron chi connectivity index (χ0n) is 12.4. The van der Waals surface area contributed by atoms with Crippen molar-refractivity contribution in [2.75, 3.05) is 19.6 Å². The van der Waals surface area contributed by atoms with Gasteiger partial charge >= 0.3 is 5.97 Å². The van der Waals surface area contributed by atoms with Crippen molar-refractivity contribution >= 4 is 17.8 Å². The van der Waals surface area contributed by atoms with E-state index < -0.39 is 12.0 Å². The molecule has 2 fully saturated rings. The molecule has 118 valence electrons. The predicted molar refractivity (Wildman–Crippen MR) is 76.7 cm³/mol. The summed E-state index contributed by atoms with van der Waals surface area (Å²) < 4.78 is 0. The van der Waals surface area contributed by atoms with Crippen molar-refractivity contribution in [2.45, 2.75) is 57.4 Å². The molecule has 1 N–H and O–H groups in total. The van der Waals surface area contributed by atoms with Crippen molar-refractivity contribution in [2.24, 2.45) is 0 Å². The Kier molecular flexibility index (Phi) is 5.59. The van der Waals surface area contributed by atoms with Crippen LogP contribution in [0.5, 0.6) is 0 Å². The molecule has 1 atom stereocenters. The molecule has 6 heteroatoms. The van der Waals surface area contributed by atoms with Crippen LogP contribution in [0.15, 0.2) is 0 Å². The maximum atomic E-state index is 12.0. The number of unbranched alkanes of at least 4 members (excludes halogenated alkanes) is 1. The van der Waals surface area contributed by atoms with E-state index in [1.54, 1.807) is 0 Å². The fraction of sp³-hybridized carbons (Fsp3) is 0.800.